The number of fused-ring (bicyclic) bond motifs is 5. The summed E-state index contributed by atoms with van der Waals surface area (Å²) >= 11 is 0. The Kier molecular flexibility index (Phi) is 10.1. The molecule has 0 unspecified atom stereocenters. The van der Waals surface area contributed by atoms with Gasteiger partial charge in [-0.1, -0.05) is 65.5 Å². The van der Waals surface area contributed by atoms with Gasteiger partial charge >= 0.3 is 12.1 Å². The highest BCUT2D eigenvalue weighted by Gasteiger charge is 2.59. The van der Waals surface area contributed by atoms with Crippen LogP contribution in [0.3, 0.4) is 0 Å². The fourth-order valence-corrected chi connectivity index (χ4v) is 9.43. The van der Waals surface area contributed by atoms with Crippen molar-refractivity contribution in [2.24, 2.45) is 46.3 Å². The lowest BCUT2D eigenvalue weighted by Gasteiger charge is -2.58. The summed E-state index contributed by atoms with van der Waals surface area (Å²) in [5, 5.41) is 11.4. The van der Waals surface area contributed by atoms with Gasteiger partial charge in [-0.25, -0.2) is 4.79 Å². The molecule has 222 valence electrons. The predicted molar refractivity (Wildman–Crippen MR) is 154 cm³/mol. The summed E-state index contributed by atoms with van der Waals surface area (Å²) in [4.78, 5) is 22.9. The van der Waals surface area contributed by atoms with Gasteiger partial charge in [-0.2, -0.15) is 0 Å². The van der Waals surface area contributed by atoms with E-state index in [1.807, 2.05) is 0 Å². The SMILES string of the molecule is CC(C)CCC[C@@H](C)[C@H]1CC[C@H]2[C@@H]3CC=C4C[C@@H](OC(=O)NCCOCCC(=O)O)CC[C@]4(C)[C@H]3CC[C@]12C. The molecule has 0 aromatic rings. The number of amides is 1. The number of aliphatic carboxylic acids is 1. The van der Waals surface area contributed by atoms with Gasteiger partial charge in [-0.3, -0.25) is 4.79 Å². The lowest BCUT2D eigenvalue weighted by Crippen LogP contribution is -2.51. The molecule has 39 heavy (non-hydrogen) atoms. The largest absolute Gasteiger partial charge is 0.481 e. The first-order chi connectivity index (χ1) is 18.5. The van der Waals surface area contributed by atoms with E-state index in [1.165, 1.54) is 56.9 Å². The van der Waals surface area contributed by atoms with Crippen molar-refractivity contribution in [3.63, 3.8) is 0 Å². The van der Waals surface area contributed by atoms with Crippen LogP contribution >= 0.6 is 0 Å². The normalized spacial score (nSPS) is 36.4. The van der Waals surface area contributed by atoms with Gasteiger partial charge in [-0.05, 0) is 91.3 Å². The molecule has 3 saturated carbocycles. The second-order valence-electron chi connectivity index (χ2n) is 14.2. The maximum atomic E-state index is 12.4. The van der Waals surface area contributed by atoms with Gasteiger partial charge in [0.1, 0.15) is 6.10 Å². The zero-order valence-corrected chi connectivity index (χ0v) is 25.3. The molecule has 0 radical (unpaired) electrons. The number of hydrogen-bond acceptors (Lipinski definition) is 4. The number of alkyl carbamates (subject to hydrolysis) is 1. The molecule has 6 heteroatoms. The summed E-state index contributed by atoms with van der Waals surface area (Å²) in [6, 6.07) is 0. The van der Waals surface area contributed by atoms with Crippen LogP contribution in [0.15, 0.2) is 11.6 Å². The van der Waals surface area contributed by atoms with Crippen LogP contribution < -0.4 is 5.32 Å². The second kappa shape index (κ2) is 13.0. The molecule has 0 aromatic carbocycles. The van der Waals surface area contributed by atoms with E-state index in [2.05, 4.69) is 46.0 Å². The van der Waals surface area contributed by atoms with E-state index in [1.54, 1.807) is 0 Å². The third kappa shape index (κ3) is 6.85. The lowest BCUT2D eigenvalue weighted by molar-refractivity contribution is -0.138. The summed E-state index contributed by atoms with van der Waals surface area (Å²) in [5.41, 5.74) is 2.29. The second-order valence-corrected chi connectivity index (χ2v) is 14.2. The van der Waals surface area contributed by atoms with Gasteiger partial charge in [-0.15, -0.1) is 0 Å². The highest BCUT2D eigenvalue weighted by molar-refractivity contribution is 5.67. The Labute approximate surface area is 237 Å². The van der Waals surface area contributed by atoms with E-state index in [0.717, 1.165) is 54.8 Å². The number of ether oxygens (including phenoxy) is 2. The van der Waals surface area contributed by atoms with Crippen LogP contribution in [0.25, 0.3) is 0 Å². The summed E-state index contributed by atoms with van der Waals surface area (Å²) in [6.45, 7) is 13.2. The number of allylic oxidation sites excluding steroid dienone is 1. The Morgan fingerprint density at radius 2 is 1.85 bits per heavy atom. The highest BCUT2D eigenvalue weighted by atomic mass is 16.6. The van der Waals surface area contributed by atoms with E-state index in [0.29, 0.717) is 12.0 Å². The lowest BCUT2D eigenvalue weighted by atomic mass is 9.47. The van der Waals surface area contributed by atoms with E-state index in [4.69, 9.17) is 14.6 Å². The number of nitrogens with one attached hydrogen (secondary N) is 1. The summed E-state index contributed by atoms with van der Waals surface area (Å²) in [7, 11) is 0. The third-order valence-corrected chi connectivity index (χ3v) is 11.5. The molecule has 0 aromatic heterocycles. The Hall–Kier alpha value is -1.56. The van der Waals surface area contributed by atoms with Crippen LogP contribution in [-0.4, -0.2) is 43.0 Å². The standard InChI is InChI=1S/C33H55NO5/c1-22(2)7-6-8-23(3)27-11-12-28-26-10-9-24-21-25(39-31(37)34-18-20-38-19-15-30(35)36)13-16-32(24,4)29(26)14-17-33(27,28)5/h9,22-23,25-29H,6-8,10-21H2,1-5H3,(H,34,37)(H,35,36)/t23-,25+,26+,27-,28+,29+,32+,33-/m1/s1. The monoisotopic (exact) mass is 545 g/mol. The summed E-state index contributed by atoms with van der Waals surface area (Å²) in [6.07, 6.45) is 15.9. The average Bonchev–Trinajstić information content (AvgIpc) is 3.23. The van der Waals surface area contributed by atoms with Crippen LogP contribution in [-0.2, 0) is 14.3 Å². The Balaban J connectivity index is 1.30. The predicted octanol–water partition coefficient (Wildman–Crippen LogP) is 7.61. The van der Waals surface area contributed by atoms with Crippen LogP contribution in [0.1, 0.15) is 112 Å². The molecule has 4 rings (SSSR count). The first-order valence-corrected chi connectivity index (χ1v) is 16.0. The topological polar surface area (TPSA) is 84.9 Å². The van der Waals surface area contributed by atoms with Crippen molar-refractivity contribution < 1.29 is 24.2 Å². The van der Waals surface area contributed by atoms with E-state index in [9.17, 15) is 9.59 Å². The molecule has 8 atom stereocenters. The van der Waals surface area contributed by atoms with Crippen LogP contribution in [0, 0.1) is 46.3 Å². The number of rotatable bonds is 12. The molecule has 0 aliphatic heterocycles. The molecule has 4 aliphatic rings. The molecule has 0 saturated heterocycles. The van der Waals surface area contributed by atoms with Crippen molar-refractivity contribution in [3.05, 3.63) is 11.6 Å². The molecule has 0 heterocycles. The van der Waals surface area contributed by atoms with Gasteiger partial charge < -0.3 is 19.9 Å². The molecule has 2 N–H and O–H groups in total. The van der Waals surface area contributed by atoms with Gasteiger partial charge in [0.15, 0.2) is 0 Å². The first-order valence-electron chi connectivity index (χ1n) is 16.0. The smallest absolute Gasteiger partial charge is 0.407 e. The fourth-order valence-electron chi connectivity index (χ4n) is 9.43. The zero-order valence-electron chi connectivity index (χ0n) is 25.3. The molecule has 4 aliphatic carbocycles. The average molecular weight is 546 g/mol. The van der Waals surface area contributed by atoms with Gasteiger partial charge in [0.25, 0.3) is 0 Å². The quantitative estimate of drug-likeness (QED) is 0.195. The minimum Gasteiger partial charge on any atom is -0.481 e. The van der Waals surface area contributed by atoms with Gasteiger partial charge in [0.2, 0.25) is 0 Å². The van der Waals surface area contributed by atoms with Crippen LogP contribution in [0.5, 0.6) is 0 Å². The van der Waals surface area contributed by atoms with Crippen LogP contribution in [0.2, 0.25) is 0 Å². The number of hydrogen-bond donors (Lipinski definition) is 2. The summed E-state index contributed by atoms with van der Waals surface area (Å²) < 4.78 is 11.0. The minimum atomic E-state index is -0.883. The molecule has 3 fully saturated rings. The van der Waals surface area contributed by atoms with Gasteiger partial charge in [0.05, 0.1) is 19.6 Å². The minimum absolute atomic E-state index is 0.0274. The van der Waals surface area contributed by atoms with Crippen LogP contribution in [0.4, 0.5) is 4.79 Å². The molecule has 0 spiro atoms. The Morgan fingerprint density at radius 1 is 1.05 bits per heavy atom. The van der Waals surface area contributed by atoms with Crippen molar-refractivity contribution in [2.75, 3.05) is 19.8 Å². The Morgan fingerprint density at radius 3 is 2.59 bits per heavy atom. The van der Waals surface area contributed by atoms with E-state index >= 15 is 0 Å². The van der Waals surface area contributed by atoms with Gasteiger partial charge in [0, 0.05) is 13.0 Å². The highest BCUT2D eigenvalue weighted by Crippen LogP contribution is 2.67. The Bertz CT molecular complexity index is 885. The zero-order chi connectivity index (χ0) is 28.2. The summed E-state index contributed by atoms with van der Waals surface area (Å²) in [5.74, 6) is 4.10. The van der Waals surface area contributed by atoms with Crippen molar-refractivity contribution in [1.82, 2.24) is 5.32 Å². The number of carbonyl (C=O) groups excluding carboxylic acids is 1. The number of carboxylic acids is 1. The third-order valence-electron chi connectivity index (χ3n) is 11.5. The molecule has 0 bridgehead atoms. The first kappa shape index (κ1) is 30.4. The van der Waals surface area contributed by atoms with E-state index in [-0.39, 0.29) is 31.2 Å². The van der Waals surface area contributed by atoms with Crippen molar-refractivity contribution >= 4 is 12.1 Å². The van der Waals surface area contributed by atoms with Crippen molar-refractivity contribution in [3.8, 4) is 0 Å². The molecule has 1 amide bonds. The maximum absolute atomic E-state index is 12.4. The van der Waals surface area contributed by atoms with E-state index < -0.39 is 12.1 Å². The maximum Gasteiger partial charge on any atom is 0.407 e. The van der Waals surface area contributed by atoms with Crippen molar-refractivity contribution in [1.29, 1.82) is 0 Å². The van der Waals surface area contributed by atoms with Crippen molar-refractivity contribution in [2.45, 2.75) is 118 Å². The number of carbonyl (C=O) groups is 2. The molecular formula is C33H55NO5. The number of carboxylic acid groups (broad SMARTS) is 1. The molecule has 6 nitrogen and oxygen atoms in total. The fraction of sp³-hybridized carbons (Fsp3) is 0.879. The molecular weight excluding hydrogens is 490 g/mol.